The normalized spacial score (nSPS) is 14.8. The van der Waals surface area contributed by atoms with Crippen LogP contribution in [0.3, 0.4) is 0 Å². The molecular weight excluding hydrogens is 400 g/mol. The van der Waals surface area contributed by atoms with Crippen molar-refractivity contribution in [1.82, 2.24) is 9.13 Å². The van der Waals surface area contributed by atoms with Crippen molar-refractivity contribution in [1.29, 1.82) is 0 Å². The van der Waals surface area contributed by atoms with Crippen molar-refractivity contribution in [3.63, 3.8) is 0 Å². The van der Waals surface area contributed by atoms with Crippen LogP contribution in [0, 0.1) is 0 Å². The van der Waals surface area contributed by atoms with Crippen LogP contribution in [0.15, 0.2) is 65.6 Å². The Morgan fingerprint density at radius 2 is 1.78 bits per heavy atom. The number of carboxylic acids is 1. The van der Waals surface area contributed by atoms with Gasteiger partial charge in [-0.05, 0) is 48.1 Å². The van der Waals surface area contributed by atoms with Crippen LogP contribution in [0.4, 0.5) is 0 Å². The van der Waals surface area contributed by atoms with Gasteiger partial charge in [0.1, 0.15) is 0 Å². The Balaban J connectivity index is 1.64. The van der Waals surface area contributed by atoms with Gasteiger partial charge in [-0.15, -0.1) is 0 Å². The Morgan fingerprint density at radius 1 is 1.06 bits per heavy atom. The Morgan fingerprint density at radius 3 is 2.47 bits per heavy atom. The Kier molecular flexibility index (Phi) is 6.74. The highest BCUT2D eigenvalue weighted by Gasteiger charge is 2.20. The Bertz CT molecular complexity index is 1160. The van der Waals surface area contributed by atoms with Gasteiger partial charge in [-0.2, -0.15) is 0 Å². The second-order valence-electron chi connectivity index (χ2n) is 8.48. The first-order chi connectivity index (χ1) is 15.6. The van der Waals surface area contributed by atoms with Crippen molar-refractivity contribution in [2.75, 3.05) is 0 Å². The molecule has 0 spiro atoms. The van der Waals surface area contributed by atoms with Crippen molar-refractivity contribution in [3.05, 3.63) is 88.1 Å². The molecule has 0 amide bonds. The standard InChI is InChI=1S/C27H30N2O3/c1-2-3-9-23-19-29(22-10-5-4-6-11-22)27(32)28(23)18-20-14-16-21(17-15-20)24-12-7-8-13-25(24)26(30)31/h3,7-9,12-17,19,22H,2,4-6,10-11,18H2,1H3,(H,30,31)/b9-3+. The second-order valence-corrected chi connectivity index (χ2v) is 8.48. The Hall–Kier alpha value is -3.34. The summed E-state index contributed by atoms with van der Waals surface area (Å²) in [6, 6.07) is 15.1. The van der Waals surface area contributed by atoms with Gasteiger partial charge in [0.2, 0.25) is 0 Å². The number of carboxylic acid groups (broad SMARTS) is 1. The molecule has 1 saturated carbocycles. The average molecular weight is 431 g/mol. The number of hydrogen-bond acceptors (Lipinski definition) is 2. The minimum atomic E-state index is -0.937. The predicted octanol–water partition coefficient (Wildman–Crippen LogP) is 5.99. The summed E-state index contributed by atoms with van der Waals surface area (Å²) in [5, 5.41) is 9.47. The maximum atomic E-state index is 13.3. The number of aromatic carboxylic acids is 1. The molecule has 0 aliphatic heterocycles. The number of nitrogens with zero attached hydrogens (tertiary/aromatic N) is 2. The van der Waals surface area contributed by atoms with E-state index in [1.807, 2.05) is 57.8 Å². The molecule has 1 fully saturated rings. The van der Waals surface area contributed by atoms with Gasteiger partial charge in [0.25, 0.3) is 0 Å². The summed E-state index contributed by atoms with van der Waals surface area (Å²) in [5.74, 6) is -0.937. The summed E-state index contributed by atoms with van der Waals surface area (Å²) in [6.07, 6.45) is 12.8. The monoisotopic (exact) mass is 430 g/mol. The van der Waals surface area contributed by atoms with E-state index in [9.17, 15) is 14.7 Å². The number of hydrogen-bond donors (Lipinski definition) is 1. The highest BCUT2D eigenvalue weighted by Crippen LogP contribution is 2.28. The van der Waals surface area contributed by atoms with Crippen LogP contribution in [0.5, 0.6) is 0 Å². The van der Waals surface area contributed by atoms with Crippen LogP contribution >= 0.6 is 0 Å². The smallest absolute Gasteiger partial charge is 0.336 e. The molecule has 0 saturated heterocycles. The van der Waals surface area contributed by atoms with E-state index < -0.39 is 5.97 Å². The first-order valence-electron chi connectivity index (χ1n) is 11.5. The molecule has 0 bridgehead atoms. The summed E-state index contributed by atoms with van der Waals surface area (Å²) in [7, 11) is 0. The number of allylic oxidation sites excluding steroid dienone is 1. The number of carbonyl (C=O) groups is 1. The fraction of sp³-hybridized carbons (Fsp3) is 0.333. The third-order valence-electron chi connectivity index (χ3n) is 6.29. The van der Waals surface area contributed by atoms with Crippen molar-refractivity contribution < 1.29 is 9.90 Å². The fourth-order valence-corrected chi connectivity index (χ4v) is 4.56. The van der Waals surface area contributed by atoms with E-state index in [1.54, 1.807) is 12.1 Å². The van der Waals surface area contributed by atoms with Gasteiger partial charge in [0, 0.05) is 12.2 Å². The number of benzene rings is 2. The third kappa shape index (κ3) is 4.62. The largest absolute Gasteiger partial charge is 0.478 e. The van der Waals surface area contributed by atoms with E-state index >= 15 is 0 Å². The van der Waals surface area contributed by atoms with E-state index in [2.05, 4.69) is 13.0 Å². The molecule has 5 nitrogen and oxygen atoms in total. The van der Waals surface area contributed by atoms with Crippen LogP contribution in [-0.2, 0) is 6.54 Å². The molecule has 166 valence electrons. The van der Waals surface area contributed by atoms with Crippen molar-refractivity contribution >= 4 is 12.0 Å². The molecule has 1 aliphatic carbocycles. The molecule has 1 N–H and O–H groups in total. The van der Waals surface area contributed by atoms with Gasteiger partial charge in [0.15, 0.2) is 0 Å². The molecule has 5 heteroatoms. The van der Waals surface area contributed by atoms with E-state index in [0.29, 0.717) is 18.2 Å². The fourth-order valence-electron chi connectivity index (χ4n) is 4.56. The lowest BCUT2D eigenvalue weighted by Crippen LogP contribution is -2.29. The van der Waals surface area contributed by atoms with Gasteiger partial charge in [-0.25, -0.2) is 9.59 Å². The van der Waals surface area contributed by atoms with E-state index in [1.165, 1.54) is 19.3 Å². The molecule has 0 unspecified atom stereocenters. The lowest BCUT2D eigenvalue weighted by molar-refractivity contribution is 0.0697. The number of imidazole rings is 1. The van der Waals surface area contributed by atoms with E-state index in [0.717, 1.165) is 36.1 Å². The summed E-state index contributed by atoms with van der Waals surface area (Å²) in [4.78, 5) is 24.8. The zero-order valence-corrected chi connectivity index (χ0v) is 18.5. The molecule has 1 heterocycles. The Labute approximate surface area is 188 Å². The highest BCUT2D eigenvalue weighted by molar-refractivity contribution is 5.95. The summed E-state index contributed by atoms with van der Waals surface area (Å²) < 4.78 is 3.78. The second kappa shape index (κ2) is 9.86. The lowest BCUT2D eigenvalue weighted by atomic mass is 9.95. The van der Waals surface area contributed by atoms with Gasteiger partial charge in [-0.3, -0.25) is 9.13 Å². The molecule has 1 aromatic heterocycles. The molecule has 32 heavy (non-hydrogen) atoms. The zero-order chi connectivity index (χ0) is 22.5. The molecule has 0 radical (unpaired) electrons. The maximum Gasteiger partial charge on any atom is 0.336 e. The SMILES string of the molecule is CC/C=C/c1cn(C2CCCCC2)c(=O)n1Cc1ccc(-c2ccccc2C(=O)O)cc1. The number of aromatic nitrogens is 2. The summed E-state index contributed by atoms with van der Waals surface area (Å²) in [5.41, 5.74) is 3.82. The van der Waals surface area contributed by atoms with Gasteiger partial charge in [0.05, 0.1) is 17.8 Å². The van der Waals surface area contributed by atoms with Crippen LogP contribution in [-0.4, -0.2) is 20.2 Å². The lowest BCUT2D eigenvalue weighted by Gasteiger charge is -2.22. The quantitative estimate of drug-likeness (QED) is 0.501. The first kappa shape index (κ1) is 21.9. The van der Waals surface area contributed by atoms with Crippen LogP contribution in [0.1, 0.15) is 73.1 Å². The minimum absolute atomic E-state index is 0.0490. The minimum Gasteiger partial charge on any atom is -0.478 e. The van der Waals surface area contributed by atoms with E-state index in [-0.39, 0.29) is 11.3 Å². The van der Waals surface area contributed by atoms with Gasteiger partial charge >= 0.3 is 11.7 Å². The molecule has 3 aromatic rings. The summed E-state index contributed by atoms with van der Waals surface area (Å²) in [6.45, 7) is 2.58. The molecule has 2 aromatic carbocycles. The van der Waals surface area contributed by atoms with Crippen LogP contribution in [0.25, 0.3) is 17.2 Å². The maximum absolute atomic E-state index is 13.3. The zero-order valence-electron chi connectivity index (χ0n) is 18.5. The summed E-state index contributed by atoms with van der Waals surface area (Å²) >= 11 is 0. The van der Waals surface area contributed by atoms with Crippen LogP contribution in [0.2, 0.25) is 0 Å². The van der Waals surface area contributed by atoms with Crippen LogP contribution < -0.4 is 5.69 Å². The van der Waals surface area contributed by atoms with Crippen molar-refractivity contribution in [3.8, 4) is 11.1 Å². The predicted molar refractivity (Wildman–Crippen MR) is 128 cm³/mol. The van der Waals surface area contributed by atoms with Crippen molar-refractivity contribution in [2.45, 2.75) is 58.0 Å². The van der Waals surface area contributed by atoms with E-state index in [4.69, 9.17) is 0 Å². The molecule has 4 rings (SSSR count). The van der Waals surface area contributed by atoms with Gasteiger partial charge in [-0.1, -0.05) is 74.7 Å². The topological polar surface area (TPSA) is 64.2 Å². The first-order valence-corrected chi connectivity index (χ1v) is 11.5. The average Bonchev–Trinajstić information content (AvgIpc) is 3.14. The molecule has 1 aliphatic rings. The molecular formula is C27H30N2O3. The third-order valence-corrected chi connectivity index (χ3v) is 6.29. The van der Waals surface area contributed by atoms with Gasteiger partial charge < -0.3 is 5.11 Å². The van der Waals surface area contributed by atoms with Crippen molar-refractivity contribution in [2.24, 2.45) is 0 Å². The number of rotatable bonds is 7. The molecule has 0 atom stereocenters. The highest BCUT2D eigenvalue weighted by atomic mass is 16.4.